The highest BCUT2D eigenvalue weighted by Gasteiger charge is 2.26. The molecule has 1 aromatic rings. The Hall–Kier alpha value is -1.17. The fourth-order valence-electron chi connectivity index (χ4n) is 3.10. The van der Waals surface area contributed by atoms with Crippen molar-refractivity contribution in [1.29, 1.82) is 0 Å². The van der Waals surface area contributed by atoms with Crippen LogP contribution in [0.3, 0.4) is 0 Å². The number of hydrogen-bond acceptors (Lipinski definition) is 4. The third-order valence-electron chi connectivity index (χ3n) is 4.42. The Labute approximate surface area is 138 Å². The minimum absolute atomic E-state index is 0.280. The molecule has 23 heavy (non-hydrogen) atoms. The molecular formula is C18H28FNO3. The zero-order valence-corrected chi connectivity index (χ0v) is 14.1. The van der Waals surface area contributed by atoms with Crippen LogP contribution >= 0.6 is 0 Å². The van der Waals surface area contributed by atoms with Crippen LogP contribution in [-0.2, 0) is 4.74 Å². The number of aliphatic hydroxyl groups excluding tert-OH is 1. The highest BCUT2D eigenvalue weighted by molar-refractivity contribution is 5.21. The largest absolute Gasteiger partial charge is 0.491 e. The molecule has 0 aliphatic carbocycles. The summed E-state index contributed by atoms with van der Waals surface area (Å²) in [6, 6.07) is 6.94. The van der Waals surface area contributed by atoms with E-state index in [1.54, 1.807) is 12.1 Å². The maximum absolute atomic E-state index is 12.8. The van der Waals surface area contributed by atoms with E-state index in [0.29, 0.717) is 44.2 Å². The molecule has 0 aromatic heterocycles. The second kappa shape index (κ2) is 9.21. The van der Waals surface area contributed by atoms with E-state index in [4.69, 9.17) is 9.47 Å². The van der Waals surface area contributed by atoms with E-state index in [1.807, 2.05) is 0 Å². The molecule has 1 aliphatic heterocycles. The Morgan fingerprint density at radius 2 is 1.83 bits per heavy atom. The molecule has 0 saturated carbocycles. The molecule has 0 amide bonds. The van der Waals surface area contributed by atoms with Crippen molar-refractivity contribution in [2.75, 3.05) is 26.4 Å². The van der Waals surface area contributed by atoms with Crippen molar-refractivity contribution in [2.45, 2.75) is 51.3 Å². The molecular weight excluding hydrogens is 297 g/mol. The lowest BCUT2D eigenvalue weighted by Crippen LogP contribution is -2.48. The topological polar surface area (TPSA) is 41.9 Å². The van der Waals surface area contributed by atoms with Gasteiger partial charge in [0.05, 0.1) is 19.3 Å². The summed E-state index contributed by atoms with van der Waals surface area (Å²) in [5.41, 5.74) is 0. The van der Waals surface area contributed by atoms with Crippen molar-refractivity contribution in [3.8, 4) is 5.75 Å². The molecule has 130 valence electrons. The molecule has 0 bridgehead atoms. The summed E-state index contributed by atoms with van der Waals surface area (Å²) in [6.07, 6.45) is 3.18. The van der Waals surface area contributed by atoms with Crippen molar-refractivity contribution >= 4 is 0 Å². The SMILES string of the molecule is C[C@@H]1CCC[C@H](C)N1C[C@@H](O)COCCOc1ccc(F)cc1. The molecule has 0 radical (unpaired) electrons. The molecule has 0 spiro atoms. The fourth-order valence-corrected chi connectivity index (χ4v) is 3.10. The van der Waals surface area contributed by atoms with E-state index in [2.05, 4.69) is 18.7 Å². The molecule has 5 heteroatoms. The van der Waals surface area contributed by atoms with Gasteiger partial charge in [-0.25, -0.2) is 4.39 Å². The number of ether oxygens (including phenoxy) is 2. The summed E-state index contributed by atoms with van der Waals surface area (Å²) in [5, 5.41) is 10.1. The number of halogens is 1. The fraction of sp³-hybridized carbons (Fsp3) is 0.667. The van der Waals surface area contributed by atoms with Crippen molar-refractivity contribution in [3.63, 3.8) is 0 Å². The number of hydrogen-bond donors (Lipinski definition) is 1. The van der Waals surface area contributed by atoms with Gasteiger partial charge in [-0.3, -0.25) is 4.90 Å². The van der Waals surface area contributed by atoms with Gasteiger partial charge in [0.25, 0.3) is 0 Å². The standard InChI is InChI=1S/C18H28FNO3/c1-14-4-3-5-15(2)20(14)12-17(21)13-22-10-11-23-18-8-6-16(19)7-9-18/h6-9,14-15,17,21H,3-5,10-13H2,1-2H3/t14-,15+,17-/m1/s1. The number of aliphatic hydroxyl groups is 1. The molecule has 1 fully saturated rings. The summed E-state index contributed by atoms with van der Waals surface area (Å²) in [7, 11) is 0. The van der Waals surface area contributed by atoms with Crippen LogP contribution in [-0.4, -0.2) is 54.6 Å². The third kappa shape index (κ3) is 6.09. The van der Waals surface area contributed by atoms with Crippen LogP contribution < -0.4 is 4.74 Å². The number of likely N-dealkylation sites (tertiary alicyclic amines) is 1. The van der Waals surface area contributed by atoms with E-state index in [9.17, 15) is 9.50 Å². The van der Waals surface area contributed by atoms with Crippen molar-refractivity contribution < 1.29 is 19.0 Å². The van der Waals surface area contributed by atoms with Gasteiger partial charge in [-0.15, -0.1) is 0 Å². The van der Waals surface area contributed by atoms with Crippen LogP contribution in [0.25, 0.3) is 0 Å². The minimum atomic E-state index is -0.483. The first-order valence-corrected chi connectivity index (χ1v) is 8.46. The summed E-state index contributed by atoms with van der Waals surface area (Å²) < 4.78 is 23.7. The first-order chi connectivity index (χ1) is 11.1. The smallest absolute Gasteiger partial charge is 0.123 e. The highest BCUT2D eigenvalue weighted by Crippen LogP contribution is 2.22. The van der Waals surface area contributed by atoms with Gasteiger partial charge in [0.15, 0.2) is 0 Å². The van der Waals surface area contributed by atoms with Crippen LogP contribution in [0.1, 0.15) is 33.1 Å². The molecule has 2 rings (SSSR count). The quantitative estimate of drug-likeness (QED) is 0.746. The molecule has 1 saturated heterocycles. The van der Waals surface area contributed by atoms with Gasteiger partial charge in [-0.2, -0.15) is 0 Å². The number of β-amino-alcohol motifs (C(OH)–C–C–N with tert-alkyl or cyclic N) is 1. The van der Waals surface area contributed by atoms with Crippen molar-refractivity contribution in [3.05, 3.63) is 30.1 Å². The van der Waals surface area contributed by atoms with Gasteiger partial charge in [0.1, 0.15) is 18.2 Å². The Morgan fingerprint density at radius 3 is 2.48 bits per heavy atom. The Balaban J connectivity index is 1.59. The van der Waals surface area contributed by atoms with Gasteiger partial charge in [-0.05, 0) is 51.0 Å². The Kier molecular flexibility index (Phi) is 7.27. The first kappa shape index (κ1) is 18.2. The van der Waals surface area contributed by atoms with Gasteiger partial charge in [0.2, 0.25) is 0 Å². The van der Waals surface area contributed by atoms with Crippen LogP contribution in [0.15, 0.2) is 24.3 Å². The van der Waals surface area contributed by atoms with Crippen LogP contribution in [0.2, 0.25) is 0 Å². The maximum atomic E-state index is 12.8. The second-order valence-corrected chi connectivity index (χ2v) is 6.36. The first-order valence-electron chi connectivity index (χ1n) is 8.46. The molecule has 1 aromatic carbocycles. The zero-order valence-electron chi connectivity index (χ0n) is 14.1. The Morgan fingerprint density at radius 1 is 1.17 bits per heavy atom. The maximum Gasteiger partial charge on any atom is 0.123 e. The van der Waals surface area contributed by atoms with E-state index in [0.717, 1.165) is 0 Å². The predicted molar refractivity (Wildman–Crippen MR) is 88.2 cm³/mol. The number of nitrogens with zero attached hydrogens (tertiary/aromatic N) is 1. The molecule has 1 N–H and O–H groups in total. The summed E-state index contributed by atoms with van der Waals surface area (Å²) in [5.74, 6) is 0.337. The normalized spacial score (nSPS) is 23.7. The Bertz CT molecular complexity index is 444. The van der Waals surface area contributed by atoms with Crippen LogP contribution in [0, 0.1) is 5.82 Å². The molecule has 1 heterocycles. The van der Waals surface area contributed by atoms with E-state index in [-0.39, 0.29) is 5.82 Å². The summed E-state index contributed by atoms with van der Waals surface area (Å²) in [6.45, 7) is 6.19. The monoisotopic (exact) mass is 325 g/mol. The lowest BCUT2D eigenvalue weighted by atomic mass is 9.97. The molecule has 3 atom stereocenters. The van der Waals surface area contributed by atoms with E-state index >= 15 is 0 Å². The highest BCUT2D eigenvalue weighted by atomic mass is 19.1. The molecule has 0 unspecified atom stereocenters. The minimum Gasteiger partial charge on any atom is -0.491 e. The van der Waals surface area contributed by atoms with Gasteiger partial charge >= 0.3 is 0 Å². The van der Waals surface area contributed by atoms with Crippen LogP contribution in [0.5, 0.6) is 5.75 Å². The van der Waals surface area contributed by atoms with Crippen molar-refractivity contribution in [1.82, 2.24) is 4.90 Å². The lowest BCUT2D eigenvalue weighted by Gasteiger charge is -2.40. The average molecular weight is 325 g/mol. The second-order valence-electron chi connectivity index (χ2n) is 6.36. The van der Waals surface area contributed by atoms with Crippen LogP contribution in [0.4, 0.5) is 4.39 Å². The van der Waals surface area contributed by atoms with Gasteiger partial charge in [-0.1, -0.05) is 6.42 Å². The number of rotatable bonds is 8. The van der Waals surface area contributed by atoms with E-state index < -0.39 is 6.10 Å². The zero-order chi connectivity index (χ0) is 16.7. The molecule has 4 nitrogen and oxygen atoms in total. The third-order valence-corrected chi connectivity index (χ3v) is 4.42. The lowest BCUT2D eigenvalue weighted by molar-refractivity contribution is -0.0141. The average Bonchev–Trinajstić information content (AvgIpc) is 2.52. The number of benzene rings is 1. The summed E-state index contributed by atoms with van der Waals surface area (Å²) >= 11 is 0. The number of piperidine rings is 1. The molecule has 1 aliphatic rings. The van der Waals surface area contributed by atoms with Gasteiger partial charge in [0, 0.05) is 18.6 Å². The van der Waals surface area contributed by atoms with Crippen molar-refractivity contribution in [2.24, 2.45) is 0 Å². The predicted octanol–water partition coefficient (Wildman–Crippen LogP) is 2.84. The summed E-state index contributed by atoms with van der Waals surface area (Å²) in [4.78, 5) is 2.37. The van der Waals surface area contributed by atoms with Gasteiger partial charge < -0.3 is 14.6 Å². The van der Waals surface area contributed by atoms with E-state index in [1.165, 1.54) is 31.4 Å².